The minimum atomic E-state index is 1.01. The molecule has 1 radical (unpaired) electrons. The molecule has 0 bridgehead atoms. The molecule has 1 aromatic rings. The SMILES string of the molecule is C1=C[C](c2ccccc2)NO1. The fourth-order valence-electron chi connectivity index (χ4n) is 1.01. The van der Waals surface area contributed by atoms with Crippen molar-refractivity contribution in [1.82, 2.24) is 5.48 Å². The standard InChI is InChI=1S/C9H8NO/c1-2-4-8(5-3-1)9-6-7-11-10-9/h1-7,10H. The van der Waals surface area contributed by atoms with Crippen molar-refractivity contribution in [3.8, 4) is 0 Å². The van der Waals surface area contributed by atoms with E-state index in [1.54, 1.807) is 6.26 Å². The Hall–Kier alpha value is -1.28. The summed E-state index contributed by atoms with van der Waals surface area (Å²) in [6.07, 6.45) is 3.53. The van der Waals surface area contributed by atoms with Gasteiger partial charge in [-0.1, -0.05) is 30.3 Å². The Morgan fingerprint density at radius 3 is 2.55 bits per heavy atom. The summed E-state index contributed by atoms with van der Waals surface area (Å²) in [5.41, 5.74) is 3.92. The Morgan fingerprint density at radius 2 is 1.91 bits per heavy atom. The van der Waals surface area contributed by atoms with Crippen LogP contribution in [-0.4, -0.2) is 0 Å². The molecule has 2 rings (SSSR count). The number of nitrogens with one attached hydrogen (secondary N) is 1. The van der Waals surface area contributed by atoms with Crippen molar-refractivity contribution in [2.75, 3.05) is 0 Å². The number of hydrogen-bond donors (Lipinski definition) is 1. The maximum absolute atomic E-state index is 4.84. The molecule has 1 aromatic carbocycles. The second-order valence-corrected chi connectivity index (χ2v) is 2.30. The molecule has 11 heavy (non-hydrogen) atoms. The van der Waals surface area contributed by atoms with E-state index in [0.29, 0.717) is 0 Å². The van der Waals surface area contributed by atoms with Crippen LogP contribution in [0, 0.1) is 6.04 Å². The lowest BCUT2D eigenvalue weighted by Gasteiger charge is -2.04. The van der Waals surface area contributed by atoms with Crippen LogP contribution < -0.4 is 5.48 Å². The van der Waals surface area contributed by atoms with E-state index >= 15 is 0 Å². The van der Waals surface area contributed by atoms with Crippen molar-refractivity contribution in [2.24, 2.45) is 0 Å². The Labute approximate surface area is 65.4 Å². The van der Waals surface area contributed by atoms with Crippen LogP contribution in [0.1, 0.15) is 5.56 Å². The van der Waals surface area contributed by atoms with Crippen molar-refractivity contribution in [1.29, 1.82) is 0 Å². The molecule has 0 fully saturated rings. The van der Waals surface area contributed by atoms with Crippen LogP contribution in [-0.2, 0) is 4.84 Å². The molecule has 1 heterocycles. The molecule has 0 saturated heterocycles. The molecule has 0 unspecified atom stereocenters. The lowest BCUT2D eigenvalue weighted by molar-refractivity contribution is 0.174. The van der Waals surface area contributed by atoms with Crippen molar-refractivity contribution in [2.45, 2.75) is 0 Å². The van der Waals surface area contributed by atoms with E-state index in [-0.39, 0.29) is 0 Å². The van der Waals surface area contributed by atoms with Crippen LogP contribution in [0.25, 0.3) is 0 Å². The second-order valence-electron chi connectivity index (χ2n) is 2.30. The molecule has 1 aliphatic rings. The molecular formula is C9H8NO. The third-order valence-electron chi connectivity index (χ3n) is 1.56. The number of benzene rings is 1. The van der Waals surface area contributed by atoms with Gasteiger partial charge in [0.05, 0.1) is 0 Å². The van der Waals surface area contributed by atoms with E-state index < -0.39 is 0 Å². The first-order valence-electron chi connectivity index (χ1n) is 3.47. The summed E-state index contributed by atoms with van der Waals surface area (Å²) < 4.78 is 0. The molecule has 0 atom stereocenters. The normalized spacial score (nSPS) is 16.7. The van der Waals surface area contributed by atoms with Gasteiger partial charge < -0.3 is 4.84 Å². The smallest absolute Gasteiger partial charge is 0.129 e. The van der Waals surface area contributed by atoms with Gasteiger partial charge in [0.1, 0.15) is 12.3 Å². The predicted octanol–water partition coefficient (Wildman–Crippen LogP) is 1.62. The quantitative estimate of drug-likeness (QED) is 0.650. The summed E-state index contributed by atoms with van der Waals surface area (Å²) in [6.45, 7) is 0. The zero-order chi connectivity index (χ0) is 7.52. The van der Waals surface area contributed by atoms with Crippen LogP contribution in [0.15, 0.2) is 42.7 Å². The van der Waals surface area contributed by atoms with Gasteiger partial charge in [-0.25, -0.2) is 0 Å². The molecule has 55 valence electrons. The van der Waals surface area contributed by atoms with E-state index in [4.69, 9.17) is 4.84 Å². The summed E-state index contributed by atoms with van der Waals surface area (Å²) in [6, 6.07) is 11.0. The Morgan fingerprint density at radius 1 is 1.09 bits per heavy atom. The second kappa shape index (κ2) is 2.76. The number of hydroxylamine groups is 1. The van der Waals surface area contributed by atoms with Crippen LogP contribution in [0.3, 0.4) is 0 Å². The van der Waals surface area contributed by atoms with Gasteiger partial charge >= 0.3 is 0 Å². The highest BCUT2D eigenvalue weighted by Crippen LogP contribution is 2.15. The fourth-order valence-corrected chi connectivity index (χ4v) is 1.01. The van der Waals surface area contributed by atoms with Crippen molar-refractivity contribution < 1.29 is 4.84 Å². The first-order chi connectivity index (χ1) is 5.47. The van der Waals surface area contributed by atoms with Gasteiger partial charge in [0.2, 0.25) is 0 Å². The van der Waals surface area contributed by atoms with Gasteiger partial charge in [-0.15, -0.1) is 5.48 Å². The van der Waals surface area contributed by atoms with Gasteiger partial charge in [-0.2, -0.15) is 0 Å². The maximum Gasteiger partial charge on any atom is 0.129 e. The molecule has 0 aliphatic carbocycles. The molecule has 1 N–H and O–H groups in total. The van der Waals surface area contributed by atoms with Crippen LogP contribution in [0.2, 0.25) is 0 Å². The Kier molecular flexibility index (Phi) is 1.61. The fraction of sp³-hybridized carbons (Fsp3) is 0. The molecule has 0 spiro atoms. The molecule has 0 aromatic heterocycles. The monoisotopic (exact) mass is 146 g/mol. The highest BCUT2D eigenvalue weighted by atomic mass is 16.6. The predicted molar refractivity (Wildman–Crippen MR) is 42.1 cm³/mol. The highest BCUT2D eigenvalue weighted by molar-refractivity contribution is 5.35. The largest absolute Gasteiger partial charge is 0.416 e. The third kappa shape index (κ3) is 1.25. The van der Waals surface area contributed by atoms with Crippen LogP contribution in [0.4, 0.5) is 0 Å². The summed E-state index contributed by atoms with van der Waals surface area (Å²) >= 11 is 0. The van der Waals surface area contributed by atoms with Gasteiger partial charge in [0.25, 0.3) is 0 Å². The van der Waals surface area contributed by atoms with Crippen molar-refractivity contribution in [3.63, 3.8) is 0 Å². The van der Waals surface area contributed by atoms with E-state index in [9.17, 15) is 0 Å². The van der Waals surface area contributed by atoms with E-state index in [1.807, 2.05) is 36.4 Å². The highest BCUT2D eigenvalue weighted by Gasteiger charge is 2.11. The Bertz CT molecular complexity index is 256. The van der Waals surface area contributed by atoms with E-state index in [0.717, 1.165) is 11.6 Å². The zero-order valence-corrected chi connectivity index (χ0v) is 5.95. The summed E-state index contributed by atoms with van der Waals surface area (Å²) in [7, 11) is 0. The summed E-state index contributed by atoms with van der Waals surface area (Å²) in [5, 5.41) is 0. The summed E-state index contributed by atoms with van der Waals surface area (Å²) in [4.78, 5) is 4.84. The molecule has 2 nitrogen and oxygen atoms in total. The molecule has 0 amide bonds. The van der Waals surface area contributed by atoms with Gasteiger partial charge in [-0.3, -0.25) is 0 Å². The average Bonchev–Trinajstić information content (AvgIpc) is 2.58. The average molecular weight is 146 g/mol. The molecular weight excluding hydrogens is 138 g/mol. The lowest BCUT2D eigenvalue weighted by Crippen LogP contribution is -2.12. The molecule has 1 aliphatic heterocycles. The first kappa shape index (κ1) is 6.43. The van der Waals surface area contributed by atoms with E-state index in [2.05, 4.69) is 5.48 Å². The van der Waals surface area contributed by atoms with Crippen LogP contribution >= 0.6 is 0 Å². The third-order valence-corrected chi connectivity index (χ3v) is 1.56. The Balaban J connectivity index is 2.23. The maximum atomic E-state index is 4.84. The van der Waals surface area contributed by atoms with Crippen molar-refractivity contribution in [3.05, 3.63) is 54.3 Å². The first-order valence-corrected chi connectivity index (χ1v) is 3.47. The van der Waals surface area contributed by atoms with Crippen LogP contribution in [0.5, 0.6) is 0 Å². The number of hydrogen-bond acceptors (Lipinski definition) is 2. The molecule has 0 saturated carbocycles. The van der Waals surface area contributed by atoms with E-state index in [1.165, 1.54) is 0 Å². The summed E-state index contributed by atoms with van der Waals surface area (Å²) in [5.74, 6) is 0. The number of rotatable bonds is 1. The zero-order valence-electron chi connectivity index (χ0n) is 5.95. The lowest BCUT2D eigenvalue weighted by atomic mass is 10.1. The minimum Gasteiger partial charge on any atom is -0.416 e. The minimum absolute atomic E-state index is 1.01. The van der Waals surface area contributed by atoms with Crippen molar-refractivity contribution >= 4 is 0 Å². The van der Waals surface area contributed by atoms with Gasteiger partial charge in [0, 0.05) is 0 Å². The van der Waals surface area contributed by atoms with Gasteiger partial charge in [0.15, 0.2) is 0 Å². The van der Waals surface area contributed by atoms with Gasteiger partial charge in [-0.05, 0) is 11.6 Å². The molecule has 2 heteroatoms. The topological polar surface area (TPSA) is 21.3 Å².